The molecule has 1 aliphatic heterocycles. The Bertz CT molecular complexity index is 445. The van der Waals surface area contributed by atoms with Crippen molar-refractivity contribution in [1.82, 2.24) is 4.57 Å². The molecule has 0 saturated carbocycles. The van der Waals surface area contributed by atoms with Crippen molar-refractivity contribution in [3.63, 3.8) is 0 Å². The molecule has 1 aromatic rings. The summed E-state index contributed by atoms with van der Waals surface area (Å²) in [4.78, 5) is 11.7. The molecule has 0 spiro atoms. The Hall–Kier alpha value is -1.71. The number of esters is 1. The lowest BCUT2D eigenvalue weighted by atomic mass is 10.1. The zero-order valence-corrected chi connectivity index (χ0v) is 9.69. The molecule has 1 atom stereocenters. The fourth-order valence-corrected chi connectivity index (χ4v) is 1.75. The normalized spacial score (nSPS) is 18.4. The van der Waals surface area contributed by atoms with Crippen molar-refractivity contribution in [2.75, 3.05) is 6.61 Å². The molecule has 0 aliphatic carbocycles. The van der Waals surface area contributed by atoms with Crippen molar-refractivity contribution >= 4 is 12.0 Å². The maximum atomic E-state index is 11.7. The summed E-state index contributed by atoms with van der Waals surface area (Å²) in [5.74, 6) is 0.505. The van der Waals surface area contributed by atoms with Gasteiger partial charge in [0, 0.05) is 13.2 Å². The van der Waals surface area contributed by atoms with E-state index < -0.39 is 0 Å². The van der Waals surface area contributed by atoms with Gasteiger partial charge in [-0.05, 0) is 26.0 Å². The molecule has 0 unspecified atom stereocenters. The molecule has 2 heterocycles. The fraction of sp³-hybridized carbons (Fsp3) is 0.417. The monoisotopic (exact) mass is 221 g/mol. The molecule has 0 aromatic carbocycles. The lowest BCUT2D eigenvalue weighted by Gasteiger charge is -2.21. The fourth-order valence-electron chi connectivity index (χ4n) is 1.75. The van der Waals surface area contributed by atoms with Crippen LogP contribution in [0.4, 0.5) is 0 Å². The average Bonchev–Trinajstić information content (AvgIpc) is 2.59. The van der Waals surface area contributed by atoms with Crippen LogP contribution in [0.15, 0.2) is 17.8 Å². The van der Waals surface area contributed by atoms with Gasteiger partial charge in [-0.2, -0.15) is 0 Å². The molecule has 4 heteroatoms. The number of rotatable bonds is 2. The van der Waals surface area contributed by atoms with Gasteiger partial charge in [0.25, 0.3) is 0 Å². The summed E-state index contributed by atoms with van der Waals surface area (Å²) in [6.45, 7) is 4.02. The Balaban J connectivity index is 2.36. The molecule has 4 nitrogen and oxygen atoms in total. The predicted molar refractivity (Wildman–Crippen MR) is 60.1 cm³/mol. The molecule has 0 saturated heterocycles. The van der Waals surface area contributed by atoms with Gasteiger partial charge in [-0.1, -0.05) is 0 Å². The van der Waals surface area contributed by atoms with E-state index in [1.807, 2.05) is 36.9 Å². The third kappa shape index (κ3) is 1.71. The van der Waals surface area contributed by atoms with Gasteiger partial charge in [0.05, 0.1) is 17.9 Å². The second-order valence-corrected chi connectivity index (χ2v) is 3.76. The first-order valence-corrected chi connectivity index (χ1v) is 5.34. The number of carbonyl (C=O) groups is 1. The molecule has 0 fully saturated rings. The number of carbonyl (C=O) groups excluding carboxylic acids is 1. The van der Waals surface area contributed by atoms with Crippen LogP contribution in [0.1, 0.15) is 19.5 Å². The molecule has 0 N–H and O–H groups in total. The highest BCUT2D eigenvalue weighted by Crippen LogP contribution is 2.30. The van der Waals surface area contributed by atoms with Crippen molar-refractivity contribution in [3.05, 3.63) is 23.5 Å². The Kier molecular flexibility index (Phi) is 2.73. The highest BCUT2D eigenvalue weighted by molar-refractivity contribution is 5.95. The summed E-state index contributed by atoms with van der Waals surface area (Å²) in [5.41, 5.74) is 1.47. The smallest absolute Gasteiger partial charge is 0.337 e. The van der Waals surface area contributed by atoms with Crippen LogP contribution < -0.4 is 4.74 Å². The van der Waals surface area contributed by atoms with Gasteiger partial charge >= 0.3 is 5.97 Å². The van der Waals surface area contributed by atoms with Crippen molar-refractivity contribution in [2.45, 2.75) is 20.0 Å². The van der Waals surface area contributed by atoms with E-state index in [1.54, 1.807) is 6.92 Å². The number of aromatic nitrogens is 1. The number of hydrogen-bond acceptors (Lipinski definition) is 3. The molecule has 0 radical (unpaired) electrons. The largest absolute Gasteiger partial charge is 0.484 e. The van der Waals surface area contributed by atoms with E-state index in [9.17, 15) is 4.79 Å². The first-order valence-electron chi connectivity index (χ1n) is 5.34. The lowest BCUT2D eigenvalue weighted by Crippen LogP contribution is -2.25. The number of ether oxygens (including phenoxy) is 2. The molecule has 1 aliphatic rings. The topological polar surface area (TPSA) is 40.5 Å². The summed E-state index contributed by atoms with van der Waals surface area (Å²) in [5, 5.41) is 0. The van der Waals surface area contributed by atoms with Crippen LogP contribution >= 0.6 is 0 Å². The minimum absolute atomic E-state index is 0.256. The molecule has 0 amide bonds. The number of nitrogens with zero attached hydrogens (tertiary/aromatic N) is 1. The van der Waals surface area contributed by atoms with Crippen LogP contribution in [0.3, 0.4) is 0 Å². The summed E-state index contributed by atoms with van der Waals surface area (Å²) in [6, 6.07) is 1.89. The van der Waals surface area contributed by atoms with Crippen molar-refractivity contribution < 1.29 is 14.3 Å². The van der Waals surface area contributed by atoms with Crippen LogP contribution in [0.2, 0.25) is 0 Å². The summed E-state index contributed by atoms with van der Waals surface area (Å²) >= 11 is 0. The third-order valence-electron chi connectivity index (χ3n) is 2.63. The minimum atomic E-state index is -0.304. The first kappa shape index (κ1) is 10.8. The average molecular weight is 221 g/mol. The summed E-state index contributed by atoms with van der Waals surface area (Å²) < 4.78 is 12.5. The first-order chi connectivity index (χ1) is 7.63. The van der Waals surface area contributed by atoms with E-state index in [4.69, 9.17) is 9.47 Å². The van der Waals surface area contributed by atoms with E-state index in [-0.39, 0.29) is 12.1 Å². The van der Waals surface area contributed by atoms with Gasteiger partial charge in [0.2, 0.25) is 0 Å². The predicted octanol–water partition coefficient (Wildman–Crippen LogP) is 1.75. The van der Waals surface area contributed by atoms with E-state index in [0.29, 0.717) is 12.2 Å². The van der Waals surface area contributed by atoms with Crippen LogP contribution in [0, 0.1) is 0 Å². The lowest BCUT2D eigenvalue weighted by molar-refractivity contribution is -0.139. The molecule has 16 heavy (non-hydrogen) atoms. The van der Waals surface area contributed by atoms with Gasteiger partial charge in [-0.25, -0.2) is 4.79 Å². The van der Waals surface area contributed by atoms with Gasteiger partial charge in [0.15, 0.2) is 0 Å². The maximum Gasteiger partial charge on any atom is 0.337 e. The SMILES string of the molecule is CCOC(=O)C1=Cc2c(ccn2C)O[C@H]1C. The molecule has 86 valence electrons. The van der Waals surface area contributed by atoms with Gasteiger partial charge < -0.3 is 14.0 Å². The van der Waals surface area contributed by atoms with E-state index >= 15 is 0 Å². The van der Waals surface area contributed by atoms with Crippen molar-refractivity contribution in [1.29, 1.82) is 0 Å². The molecular weight excluding hydrogens is 206 g/mol. The zero-order valence-electron chi connectivity index (χ0n) is 9.69. The number of fused-ring (bicyclic) bond motifs is 1. The summed E-state index contributed by atoms with van der Waals surface area (Å²) in [7, 11) is 1.91. The van der Waals surface area contributed by atoms with Crippen LogP contribution in [0.5, 0.6) is 5.75 Å². The number of aryl methyl sites for hydroxylation is 1. The molecular formula is C12H15NO3. The van der Waals surface area contributed by atoms with Crippen LogP contribution in [-0.4, -0.2) is 23.2 Å². The highest BCUT2D eigenvalue weighted by atomic mass is 16.5. The standard InChI is InChI=1S/C12H15NO3/c1-4-15-12(14)9-7-10-11(16-8(9)2)5-6-13(10)3/h5-8H,4H2,1-3H3/t8-/m0/s1. The van der Waals surface area contributed by atoms with Gasteiger partial charge in [-0.3, -0.25) is 0 Å². The molecule has 2 rings (SSSR count). The zero-order chi connectivity index (χ0) is 11.7. The summed E-state index contributed by atoms with van der Waals surface area (Å²) in [6.07, 6.45) is 3.48. The van der Waals surface area contributed by atoms with Gasteiger partial charge in [0.1, 0.15) is 11.9 Å². The van der Waals surface area contributed by atoms with Gasteiger partial charge in [-0.15, -0.1) is 0 Å². The van der Waals surface area contributed by atoms with Crippen LogP contribution in [-0.2, 0) is 16.6 Å². The quantitative estimate of drug-likeness (QED) is 0.714. The molecule has 1 aromatic heterocycles. The second kappa shape index (κ2) is 4.04. The Morgan fingerprint density at radius 3 is 3.06 bits per heavy atom. The maximum absolute atomic E-state index is 11.7. The van der Waals surface area contributed by atoms with E-state index in [1.165, 1.54) is 0 Å². The van der Waals surface area contributed by atoms with E-state index in [0.717, 1.165) is 11.4 Å². The van der Waals surface area contributed by atoms with Crippen molar-refractivity contribution in [3.8, 4) is 5.75 Å². The highest BCUT2D eigenvalue weighted by Gasteiger charge is 2.26. The Morgan fingerprint density at radius 1 is 1.62 bits per heavy atom. The second-order valence-electron chi connectivity index (χ2n) is 3.76. The minimum Gasteiger partial charge on any atom is -0.484 e. The van der Waals surface area contributed by atoms with Crippen LogP contribution in [0.25, 0.3) is 6.08 Å². The Morgan fingerprint density at radius 2 is 2.38 bits per heavy atom. The van der Waals surface area contributed by atoms with Crippen molar-refractivity contribution in [2.24, 2.45) is 7.05 Å². The Labute approximate surface area is 94.5 Å². The molecule has 0 bridgehead atoms. The number of hydrogen-bond donors (Lipinski definition) is 0. The third-order valence-corrected chi connectivity index (χ3v) is 2.63. The van der Waals surface area contributed by atoms with E-state index in [2.05, 4.69) is 0 Å².